The van der Waals surface area contributed by atoms with Crippen LogP contribution in [0.15, 0.2) is 42.5 Å². The van der Waals surface area contributed by atoms with Crippen molar-refractivity contribution in [3.8, 4) is 5.75 Å². The maximum absolute atomic E-state index is 12.4. The van der Waals surface area contributed by atoms with E-state index >= 15 is 0 Å². The summed E-state index contributed by atoms with van der Waals surface area (Å²) in [5.41, 5.74) is 0.749. The van der Waals surface area contributed by atoms with Gasteiger partial charge in [-0.05, 0) is 43.2 Å². The van der Waals surface area contributed by atoms with Gasteiger partial charge in [-0.15, -0.1) is 0 Å². The molecular formula is C22H23N3O7. The third-order valence-corrected chi connectivity index (χ3v) is 5.05. The van der Waals surface area contributed by atoms with Crippen LogP contribution < -0.4 is 10.1 Å². The van der Waals surface area contributed by atoms with Crippen LogP contribution in [0.2, 0.25) is 0 Å². The minimum absolute atomic E-state index is 0.0375. The maximum Gasteiger partial charge on any atom is 0.338 e. The highest BCUT2D eigenvalue weighted by atomic mass is 16.6. The Bertz CT molecular complexity index is 1040. The van der Waals surface area contributed by atoms with Gasteiger partial charge in [0.25, 0.3) is 11.6 Å². The van der Waals surface area contributed by atoms with Crippen LogP contribution in [-0.2, 0) is 20.9 Å². The number of benzene rings is 2. The Morgan fingerprint density at radius 3 is 2.53 bits per heavy atom. The third kappa shape index (κ3) is 5.39. The van der Waals surface area contributed by atoms with Crippen molar-refractivity contribution in [1.29, 1.82) is 0 Å². The number of carbonyl (C=O) groups excluding carboxylic acids is 3. The van der Waals surface area contributed by atoms with Crippen LogP contribution in [0.3, 0.4) is 0 Å². The van der Waals surface area contributed by atoms with Crippen molar-refractivity contribution in [2.45, 2.75) is 32.4 Å². The van der Waals surface area contributed by atoms with Crippen molar-refractivity contribution >= 4 is 29.2 Å². The Kier molecular flexibility index (Phi) is 7.04. The van der Waals surface area contributed by atoms with E-state index in [9.17, 15) is 24.5 Å². The fourth-order valence-corrected chi connectivity index (χ4v) is 3.25. The molecule has 168 valence electrons. The fourth-order valence-electron chi connectivity index (χ4n) is 3.25. The number of nitro benzene ring substituents is 1. The number of carbonyl (C=O) groups is 3. The molecule has 1 atom stereocenters. The third-order valence-electron chi connectivity index (χ3n) is 5.05. The van der Waals surface area contributed by atoms with Gasteiger partial charge in [-0.1, -0.05) is 12.1 Å². The zero-order chi connectivity index (χ0) is 23.3. The second-order valence-electron chi connectivity index (χ2n) is 7.29. The van der Waals surface area contributed by atoms with Crippen molar-refractivity contribution in [1.82, 2.24) is 4.90 Å². The predicted octanol–water partition coefficient (Wildman–Crippen LogP) is 2.91. The van der Waals surface area contributed by atoms with Gasteiger partial charge in [-0.25, -0.2) is 4.79 Å². The van der Waals surface area contributed by atoms with Crippen LogP contribution >= 0.6 is 0 Å². The van der Waals surface area contributed by atoms with Crippen molar-refractivity contribution in [2.24, 2.45) is 0 Å². The monoisotopic (exact) mass is 441 g/mol. The van der Waals surface area contributed by atoms with E-state index in [4.69, 9.17) is 9.47 Å². The summed E-state index contributed by atoms with van der Waals surface area (Å²) < 4.78 is 10.2. The lowest BCUT2D eigenvalue weighted by Crippen LogP contribution is -2.30. The standard InChI is InChI=1S/C22H23N3O7/c1-14(21(27)23-18-10-9-17(31-2)12-19(18)25(29)30)32-22(28)16-7-5-15(6-8-16)13-24-11-3-4-20(24)26/h5-10,12,14H,3-4,11,13H2,1-2H3,(H,23,27). The predicted molar refractivity (Wildman–Crippen MR) is 114 cm³/mol. The van der Waals surface area contributed by atoms with Gasteiger partial charge in [0.15, 0.2) is 6.10 Å². The zero-order valence-corrected chi connectivity index (χ0v) is 17.7. The van der Waals surface area contributed by atoms with Gasteiger partial charge in [0, 0.05) is 19.5 Å². The molecule has 1 saturated heterocycles. The number of hydrogen-bond donors (Lipinski definition) is 1. The van der Waals surface area contributed by atoms with E-state index in [1.54, 1.807) is 29.2 Å². The summed E-state index contributed by atoms with van der Waals surface area (Å²) in [4.78, 5) is 48.9. The number of nitrogens with one attached hydrogen (secondary N) is 1. The summed E-state index contributed by atoms with van der Waals surface area (Å²) in [6.45, 7) is 2.57. The summed E-state index contributed by atoms with van der Waals surface area (Å²) in [7, 11) is 1.37. The molecule has 1 N–H and O–H groups in total. The molecule has 10 heteroatoms. The molecular weight excluding hydrogens is 418 g/mol. The lowest BCUT2D eigenvalue weighted by molar-refractivity contribution is -0.384. The van der Waals surface area contributed by atoms with E-state index in [1.165, 1.54) is 32.2 Å². The molecule has 0 saturated carbocycles. The molecule has 2 amide bonds. The minimum Gasteiger partial charge on any atom is -0.496 e. The average molecular weight is 441 g/mol. The fraction of sp³-hybridized carbons (Fsp3) is 0.318. The zero-order valence-electron chi connectivity index (χ0n) is 17.7. The van der Waals surface area contributed by atoms with Crippen molar-refractivity contribution in [2.75, 3.05) is 19.0 Å². The van der Waals surface area contributed by atoms with Crippen LogP contribution in [0, 0.1) is 10.1 Å². The van der Waals surface area contributed by atoms with Crippen molar-refractivity contribution < 1.29 is 28.8 Å². The lowest BCUT2D eigenvalue weighted by Gasteiger charge is -2.16. The number of nitrogens with zero attached hydrogens (tertiary/aromatic N) is 2. The van der Waals surface area contributed by atoms with Crippen LogP contribution in [0.1, 0.15) is 35.7 Å². The molecule has 0 spiro atoms. The SMILES string of the molecule is COc1ccc(NC(=O)C(C)OC(=O)c2ccc(CN3CCCC3=O)cc2)c([N+](=O)[O-])c1. The molecule has 3 rings (SSSR count). The summed E-state index contributed by atoms with van der Waals surface area (Å²) in [6, 6.07) is 10.6. The minimum atomic E-state index is -1.19. The van der Waals surface area contributed by atoms with Crippen LogP contribution in [0.25, 0.3) is 0 Å². The second-order valence-corrected chi connectivity index (χ2v) is 7.29. The molecule has 32 heavy (non-hydrogen) atoms. The largest absolute Gasteiger partial charge is 0.496 e. The molecule has 1 heterocycles. The Balaban J connectivity index is 1.60. The Morgan fingerprint density at radius 2 is 1.94 bits per heavy atom. The molecule has 10 nitrogen and oxygen atoms in total. The normalized spacial score (nSPS) is 14.1. The Hall–Kier alpha value is -3.95. The van der Waals surface area contributed by atoms with Gasteiger partial charge >= 0.3 is 5.97 Å². The van der Waals surface area contributed by atoms with E-state index in [-0.39, 0.29) is 28.6 Å². The van der Waals surface area contributed by atoms with E-state index in [0.29, 0.717) is 13.0 Å². The molecule has 0 radical (unpaired) electrons. The molecule has 0 aromatic heterocycles. The topological polar surface area (TPSA) is 128 Å². The molecule has 0 aliphatic carbocycles. The van der Waals surface area contributed by atoms with E-state index in [1.807, 2.05) is 0 Å². The van der Waals surface area contributed by atoms with E-state index in [2.05, 4.69) is 5.32 Å². The number of methoxy groups -OCH3 is 1. The highest BCUT2D eigenvalue weighted by Gasteiger charge is 2.24. The first-order valence-corrected chi connectivity index (χ1v) is 9.99. The lowest BCUT2D eigenvalue weighted by atomic mass is 10.1. The van der Waals surface area contributed by atoms with Gasteiger partial charge in [-0.2, -0.15) is 0 Å². The molecule has 1 fully saturated rings. The number of likely N-dealkylation sites (tertiary alicyclic amines) is 1. The summed E-state index contributed by atoms with van der Waals surface area (Å²) in [5.74, 6) is -1.03. The van der Waals surface area contributed by atoms with Gasteiger partial charge in [0.2, 0.25) is 5.91 Å². The molecule has 1 aliphatic rings. The quantitative estimate of drug-likeness (QED) is 0.379. The van der Waals surface area contributed by atoms with Crippen molar-refractivity contribution in [3.63, 3.8) is 0 Å². The highest BCUT2D eigenvalue weighted by molar-refractivity contribution is 5.98. The highest BCUT2D eigenvalue weighted by Crippen LogP contribution is 2.29. The molecule has 1 aliphatic heterocycles. The summed E-state index contributed by atoms with van der Waals surface area (Å²) in [5, 5.41) is 13.7. The van der Waals surface area contributed by atoms with E-state index in [0.717, 1.165) is 18.5 Å². The molecule has 2 aromatic rings. The van der Waals surface area contributed by atoms with Crippen LogP contribution in [0.5, 0.6) is 5.75 Å². The number of amides is 2. The summed E-state index contributed by atoms with van der Waals surface area (Å²) >= 11 is 0. The molecule has 1 unspecified atom stereocenters. The smallest absolute Gasteiger partial charge is 0.338 e. The van der Waals surface area contributed by atoms with Crippen LogP contribution in [-0.4, -0.2) is 47.4 Å². The van der Waals surface area contributed by atoms with Crippen molar-refractivity contribution in [3.05, 3.63) is 63.7 Å². The summed E-state index contributed by atoms with van der Waals surface area (Å²) in [6.07, 6.45) is 0.221. The number of hydrogen-bond acceptors (Lipinski definition) is 7. The Labute approximate surface area is 184 Å². The number of nitro groups is 1. The van der Waals surface area contributed by atoms with Gasteiger partial charge in [0.1, 0.15) is 11.4 Å². The second kappa shape index (κ2) is 9.90. The maximum atomic E-state index is 12.4. The first kappa shape index (κ1) is 22.7. The first-order valence-electron chi connectivity index (χ1n) is 9.99. The average Bonchev–Trinajstić information content (AvgIpc) is 3.18. The van der Waals surface area contributed by atoms with Gasteiger partial charge < -0.3 is 19.7 Å². The van der Waals surface area contributed by atoms with Gasteiger partial charge in [0.05, 0.1) is 23.7 Å². The molecule has 0 bridgehead atoms. The molecule has 2 aromatic carbocycles. The van der Waals surface area contributed by atoms with Crippen LogP contribution in [0.4, 0.5) is 11.4 Å². The Morgan fingerprint density at radius 1 is 1.22 bits per heavy atom. The number of esters is 1. The first-order chi connectivity index (χ1) is 15.3. The van der Waals surface area contributed by atoms with E-state index < -0.39 is 22.9 Å². The number of rotatable bonds is 8. The number of anilines is 1. The van der Waals surface area contributed by atoms with Gasteiger partial charge in [-0.3, -0.25) is 19.7 Å². The number of ether oxygens (including phenoxy) is 2.